The molecule has 0 bridgehead atoms. The number of aryl methyl sites for hydroxylation is 2. The van der Waals surface area contributed by atoms with Crippen LogP contribution in [0.4, 0.5) is 4.39 Å². The number of aromatic nitrogens is 4. The molecule has 4 rings (SSSR count). The lowest BCUT2D eigenvalue weighted by molar-refractivity contribution is -0.0238. The summed E-state index contributed by atoms with van der Waals surface area (Å²) in [7, 11) is 3.84. The summed E-state index contributed by atoms with van der Waals surface area (Å²) >= 11 is 0. The molecule has 144 valence electrons. The van der Waals surface area contributed by atoms with Crippen LogP contribution in [0.3, 0.4) is 0 Å². The fraction of sp³-hybridized carbons (Fsp3) is 0.579. The predicted molar refractivity (Wildman–Crippen MR) is 98.7 cm³/mol. The molecule has 0 aromatic carbocycles. The number of hydrazone groups is 1. The van der Waals surface area contributed by atoms with Crippen LogP contribution in [0.2, 0.25) is 0 Å². The van der Waals surface area contributed by atoms with Gasteiger partial charge < -0.3 is 4.74 Å². The maximum atomic E-state index is 14.7. The molecular weight excluding hydrogens is 347 g/mol. The van der Waals surface area contributed by atoms with Gasteiger partial charge in [0.05, 0.1) is 17.6 Å². The second-order valence-electron chi connectivity index (χ2n) is 7.52. The van der Waals surface area contributed by atoms with E-state index in [9.17, 15) is 4.39 Å². The molecule has 27 heavy (non-hydrogen) atoms. The summed E-state index contributed by atoms with van der Waals surface area (Å²) in [6, 6.07) is 1.81. The number of ether oxygens (including phenoxy) is 1. The lowest BCUT2D eigenvalue weighted by Crippen LogP contribution is -2.32. The molecule has 4 atom stereocenters. The molecule has 0 radical (unpaired) electrons. The van der Waals surface area contributed by atoms with Crippen molar-refractivity contribution < 1.29 is 9.13 Å². The molecule has 2 aliphatic rings. The zero-order valence-corrected chi connectivity index (χ0v) is 15.9. The van der Waals surface area contributed by atoms with Crippen molar-refractivity contribution in [2.75, 3.05) is 20.2 Å². The number of halogens is 1. The Balaban J connectivity index is 1.66. The zero-order chi connectivity index (χ0) is 19.0. The van der Waals surface area contributed by atoms with E-state index in [1.54, 1.807) is 10.9 Å². The molecular formula is C19H25FN6O. The number of nitrogens with zero attached hydrogens (tertiary/aromatic N) is 6. The van der Waals surface area contributed by atoms with Gasteiger partial charge in [-0.3, -0.25) is 9.99 Å². The first-order chi connectivity index (χ1) is 13.0. The van der Waals surface area contributed by atoms with Gasteiger partial charge in [-0.2, -0.15) is 5.10 Å². The van der Waals surface area contributed by atoms with E-state index in [4.69, 9.17) is 4.74 Å². The summed E-state index contributed by atoms with van der Waals surface area (Å²) in [5.41, 5.74) is 2.62. The zero-order valence-electron chi connectivity index (χ0n) is 15.9. The first-order valence-electron chi connectivity index (χ1n) is 9.37. The standard InChI is InChI=1S/C19H25FN6O/c1-12-19(26(3)24-23-12)17-8-13(5-7-27-17)18(14-9-22-25(2)11-14)15-4-6-21-10-16(15)20/h4,6,9-10,13-14,17-18H,5,7-8,11H2,1-3H3. The number of hydrogen-bond donors (Lipinski definition) is 0. The van der Waals surface area contributed by atoms with E-state index in [1.807, 2.05) is 38.3 Å². The summed E-state index contributed by atoms with van der Waals surface area (Å²) in [4.78, 5) is 3.93. The van der Waals surface area contributed by atoms with Crippen molar-refractivity contribution in [1.82, 2.24) is 25.0 Å². The third-order valence-corrected chi connectivity index (χ3v) is 5.74. The van der Waals surface area contributed by atoms with Crippen LogP contribution in [0.5, 0.6) is 0 Å². The van der Waals surface area contributed by atoms with Crippen LogP contribution < -0.4 is 0 Å². The predicted octanol–water partition coefficient (Wildman–Crippen LogP) is 2.46. The first-order valence-corrected chi connectivity index (χ1v) is 9.37. The third-order valence-electron chi connectivity index (χ3n) is 5.74. The van der Waals surface area contributed by atoms with Gasteiger partial charge in [-0.1, -0.05) is 5.21 Å². The fourth-order valence-corrected chi connectivity index (χ4v) is 4.54. The highest BCUT2D eigenvalue weighted by atomic mass is 19.1. The van der Waals surface area contributed by atoms with Gasteiger partial charge in [-0.05, 0) is 43.2 Å². The van der Waals surface area contributed by atoms with Crippen LogP contribution >= 0.6 is 0 Å². The molecule has 4 heterocycles. The Morgan fingerprint density at radius 2 is 2.19 bits per heavy atom. The molecule has 0 N–H and O–H groups in total. The number of hydrogen-bond acceptors (Lipinski definition) is 6. The summed E-state index contributed by atoms with van der Waals surface area (Å²) < 4.78 is 22.5. The molecule has 0 aliphatic carbocycles. The summed E-state index contributed by atoms with van der Waals surface area (Å²) in [6.07, 6.45) is 6.57. The van der Waals surface area contributed by atoms with E-state index >= 15 is 0 Å². The van der Waals surface area contributed by atoms with E-state index in [2.05, 4.69) is 20.4 Å². The van der Waals surface area contributed by atoms with Gasteiger partial charge >= 0.3 is 0 Å². The largest absolute Gasteiger partial charge is 0.372 e. The van der Waals surface area contributed by atoms with Gasteiger partial charge in [-0.25, -0.2) is 9.07 Å². The van der Waals surface area contributed by atoms with E-state index in [0.29, 0.717) is 6.61 Å². The van der Waals surface area contributed by atoms with Gasteiger partial charge in [0.1, 0.15) is 11.9 Å². The molecule has 0 amide bonds. The highest BCUT2D eigenvalue weighted by Gasteiger charge is 2.39. The molecule has 7 nitrogen and oxygen atoms in total. The van der Waals surface area contributed by atoms with Crippen molar-refractivity contribution in [3.63, 3.8) is 0 Å². The molecule has 2 aliphatic heterocycles. The molecule has 1 saturated heterocycles. The van der Waals surface area contributed by atoms with E-state index < -0.39 is 0 Å². The summed E-state index contributed by atoms with van der Waals surface area (Å²) in [5.74, 6) is 0.237. The quantitative estimate of drug-likeness (QED) is 0.825. The van der Waals surface area contributed by atoms with Crippen molar-refractivity contribution in [3.05, 3.63) is 41.2 Å². The smallest absolute Gasteiger partial charge is 0.144 e. The van der Waals surface area contributed by atoms with Gasteiger partial charge in [-0.15, -0.1) is 5.10 Å². The first kappa shape index (κ1) is 18.0. The number of rotatable bonds is 4. The minimum atomic E-state index is -0.244. The third kappa shape index (κ3) is 3.45. The SMILES string of the molecule is Cc1nnn(C)c1C1CC(C(c2ccncc2F)C2C=NN(C)C2)CCO1. The number of pyridine rings is 1. The molecule has 0 saturated carbocycles. The van der Waals surface area contributed by atoms with Crippen molar-refractivity contribution in [3.8, 4) is 0 Å². The lowest BCUT2D eigenvalue weighted by Gasteiger charge is -2.37. The molecule has 0 spiro atoms. The molecule has 1 fully saturated rings. The van der Waals surface area contributed by atoms with E-state index in [-0.39, 0.29) is 29.7 Å². The Morgan fingerprint density at radius 1 is 1.33 bits per heavy atom. The van der Waals surface area contributed by atoms with Gasteiger partial charge in [0.25, 0.3) is 0 Å². The molecule has 2 aromatic rings. The Morgan fingerprint density at radius 3 is 2.85 bits per heavy atom. The van der Waals surface area contributed by atoms with Crippen molar-refractivity contribution >= 4 is 6.21 Å². The van der Waals surface area contributed by atoms with Crippen molar-refractivity contribution in [2.24, 2.45) is 24.0 Å². The van der Waals surface area contributed by atoms with Gasteiger partial charge in [0, 0.05) is 45.6 Å². The topological polar surface area (TPSA) is 68.4 Å². The monoisotopic (exact) mass is 372 g/mol. The second-order valence-corrected chi connectivity index (χ2v) is 7.52. The highest BCUT2D eigenvalue weighted by Crippen LogP contribution is 2.44. The second kappa shape index (κ2) is 7.34. The van der Waals surface area contributed by atoms with Crippen LogP contribution in [-0.4, -0.2) is 51.4 Å². The minimum Gasteiger partial charge on any atom is -0.372 e. The van der Waals surface area contributed by atoms with Crippen molar-refractivity contribution in [2.45, 2.75) is 31.8 Å². The van der Waals surface area contributed by atoms with Gasteiger partial charge in [0.15, 0.2) is 0 Å². The summed E-state index contributed by atoms with van der Waals surface area (Å²) in [6.45, 7) is 3.39. The highest BCUT2D eigenvalue weighted by molar-refractivity contribution is 5.64. The average molecular weight is 372 g/mol. The van der Waals surface area contributed by atoms with Crippen LogP contribution in [0.1, 0.15) is 41.8 Å². The van der Waals surface area contributed by atoms with E-state index in [1.165, 1.54) is 6.20 Å². The molecule has 8 heteroatoms. The summed E-state index contributed by atoms with van der Waals surface area (Å²) in [5, 5.41) is 14.6. The maximum absolute atomic E-state index is 14.7. The van der Waals surface area contributed by atoms with Crippen LogP contribution in [0, 0.1) is 24.6 Å². The maximum Gasteiger partial charge on any atom is 0.144 e. The van der Waals surface area contributed by atoms with Crippen molar-refractivity contribution in [1.29, 1.82) is 0 Å². The Hall–Kier alpha value is -2.35. The van der Waals surface area contributed by atoms with E-state index in [0.717, 1.165) is 36.3 Å². The Bertz CT molecular complexity index is 818. The molecule has 4 unspecified atom stereocenters. The lowest BCUT2D eigenvalue weighted by atomic mass is 9.72. The normalized spacial score (nSPS) is 26.5. The van der Waals surface area contributed by atoms with Crippen LogP contribution in [0.15, 0.2) is 23.6 Å². The fourth-order valence-electron chi connectivity index (χ4n) is 4.54. The van der Waals surface area contributed by atoms with Gasteiger partial charge in [0.2, 0.25) is 0 Å². The van der Waals surface area contributed by atoms with Crippen LogP contribution in [-0.2, 0) is 11.8 Å². The molecule has 2 aromatic heterocycles. The minimum absolute atomic E-state index is 0.0367. The Labute approximate surface area is 158 Å². The van der Waals surface area contributed by atoms with Crippen LogP contribution in [0.25, 0.3) is 0 Å². The average Bonchev–Trinajstić information content (AvgIpc) is 3.22. The Kier molecular flexibility index (Phi) is 4.90.